The molecule has 0 saturated carbocycles. The van der Waals surface area contributed by atoms with Crippen molar-refractivity contribution in [1.82, 2.24) is 19.6 Å². The number of hydrogen-bond donors (Lipinski definition) is 0. The van der Waals surface area contributed by atoms with Crippen molar-refractivity contribution < 1.29 is 18.3 Å². The van der Waals surface area contributed by atoms with Gasteiger partial charge in [-0.05, 0) is 19.4 Å². The molecule has 0 spiro atoms. The first-order valence-electron chi connectivity index (χ1n) is 8.86. The number of likely N-dealkylation sites (tertiary alicyclic amines) is 2. The van der Waals surface area contributed by atoms with E-state index >= 15 is 0 Å². The first-order valence-corrected chi connectivity index (χ1v) is 8.86. The zero-order valence-electron chi connectivity index (χ0n) is 14.8. The van der Waals surface area contributed by atoms with E-state index in [1.165, 1.54) is 0 Å². The molecule has 2 fully saturated rings. The summed E-state index contributed by atoms with van der Waals surface area (Å²) in [4.78, 5) is 15.8. The van der Waals surface area contributed by atoms with Gasteiger partial charge in [-0.25, -0.2) is 8.78 Å². The van der Waals surface area contributed by atoms with Crippen LogP contribution >= 0.6 is 0 Å². The smallest absolute Gasteiger partial charge is 0.262 e. The monoisotopic (exact) mass is 356 g/mol. The molecule has 0 unspecified atom stereocenters. The van der Waals surface area contributed by atoms with Gasteiger partial charge in [-0.15, -0.1) is 0 Å². The Morgan fingerprint density at radius 2 is 2.20 bits per heavy atom. The van der Waals surface area contributed by atoms with Crippen molar-refractivity contribution >= 4 is 5.91 Å². The van der Waals surface area contributed by atoms with E-state index in [-0.39, 0.29) is 31.0 Å². The fraction of sp³-hybridized carbons (Fsp3) is 0.765. The highest BCUT2D eigenvalue weighted by atomic mass is 19.3. The van der Waals surface area contributed by atoms with E-state index in [9.17, 15) is 13.6 Å². The van der Waals surface area contributed by atoms with E-state index in [2.05, 4.69) is 5.10 Å². The lowest BCUT2D eigenvalue weighted by Gasteiger charge is -2.46. The summed E-state index contributed by atoms with van der Waals surface area (Å²) < 4.78 is 34.7. The maximum atomic E-state index is 13.8. The minimum Gasteiger partial charge on any atom is -0.380 e. The molecule has 2 aliphatic heterocycles. The summed E-state index contributed by atoms with van der Waals surface area (Å²) in [7, 11) is 0. The third-order valence-corrected chi connectivity index (χ3v) is 4.93. The van der Waals surface area contributed by atoms with Gasteiger partial charge in [0.15, 0.2) is 0 Å². The third kappa shape index (κ3) is 4.36. The number of aryl methyl sites for hydroxylation is 2. The van der Waals surface area contributed by atoms with Gasteiger partial charge < -0.3 is 9.64 Å². The summed E-state index contributed by atoms with van der Waals surface area (Å²) in [5.74, 6) is -2.61. The summed E-state index contributed by atoms with van der Waals surface area (Å²) in [5, 5.41) is 4.16. The fourth-order valence-electron chi connectivity index (χ4n) is 3.58. The van der Waals surface area contributed by atoms with Crippen LogP contribution in [0.5, 0.6) is 0 Å². The zero-order chi connectivity index (χ0) is 18.0. The highest BCUT2D eigenvalue weighted by Crippen LogP contribution is 2.35. The van der Waals surface area contributed by atoms with Crippen LogP contribution < -0.4 is 0 Å². The lowest BCUT2D eigenvalue weighted by atomic mass is 10.1. The number of ether oxygens (including phenoxy) is 1. The van der Waals surface area contributed by atoms with E-state index in [1.807, 2.05) is 24.9 Å². The van der Waals surface area contributed by atoms with Gasteiger partial charge in [0, 0.05) is 57.4 Å². The van der Waals surface area contributed by atoms with Crippen LogP contribution in [0.25, 0.3) is 0 Å². The molecule has 3 heterocycles. The SMILES string of the molecule is CCOC[C@@H]1CC(F)(F)CN1C1CN(C(=O)CCn2cc(C)cn2)C1. The molecule has 1 atom stereocenters. The maximum absolute atomic E-state index is 13.8. The minimum atomic E-state index is -2.66. The Bertz CT molecular complexity index is 601. The fourth-order valence-corrected chi connectivity index (χ4v) is 3.58. The average molecular weight is 356 g/mol. The number of hydrogen-bond acceptors (Lipinski definition) is 4. The molecule has 2 aliphatic rings. The van der Waals surface area contributed by atoms with E-state index in [4.69, 9.17) is 4.74 Å². The number of nitrogens with zero attached hydrogens (tertiary/aromatic N) is 4. The third-order valence-electron chi connectivity index (χ3n) is 4.93. The van der Waals surface area contributed by atoms with E-state index in [0.29, 0.717) is 39.3 Å². The van der Waals surface area contributed by atoms with Crippen molar-refractivity contribution in [2.45, 2.75) is 51.2 Å². The Balaban J connectivity index is 1.46. The Morgan fingerprint density at radius 1 is 1.44 bits per heavy atom. The second-order valence-corrected chi connectivity index (χ2v) is 7.03. The van der Waals surface area contributed by atoms with Crippen molar-refractivity contribution in [1.29, 1.82) is 0 Å². The van der Waals surface area contributed by atoms with Gasteiger partial charge in [0.05, 0.1) is 19.3 Å². The van der Waals surface area contributed by atoms with Crippen molar-refractivity contribution in [2.75, 3.05) is 32.8 Å². The molecule has 1 amide bonds. The van der Waals surface area contributed by atoms with E-state index in [0.717, 1.165) is 5.56 Å². The lowest BCUT2D eigenvalue weighted by molar-refractivity contribution is -0.139. The molecule has 1 aromatic heterocycles. The molecule has 0 bridgehead atoms. The molecule has 0 aromatic carbocycles. The van der Waals surface area contributed by atoms with Crippen LogP contribution in [0.1, 0.15) is 25.3 Å². The van der Waals surface area contributed by atoms with Crippen LogP contribution in [-0.4, -0.2) is 76.3 Å². The zero-order valence-corrected chi connectivity index (χ0v) is 14.8. The molecule has 25 heavy (non-hydrogen) atoms. The minimum absolute atomic E-state index is 0.00901. The Morgan fingerprint density at radius 3 is 2.84 bits per heavy atom. The second-order valence-electron chi connectivity index (χ2n) is 7.03. The summed E-state index contributed by atoms with van der Waals surface area (Å²) in [6.07, 6.45) is 3.88. The number of rotatable bonds is 7. The Hall–Kier alpha value is -1.54. The summed E-state index contributed by atoms with van der Waals surface area (Å²) >= 11 is 0. The largest absolute Gasteiger partial charge is 0.380 e. The van der Waals surface area contributed by atoms with Gasteiger partial charge in [0.2, 0.25) is 5.91 Å². The molecule has 8 heteroatoms. The normalized spacial score (nSPS) is 23.8. The second kappa shape index (κ2) is 7.37. The number of alkyl halides is 2. The Kier molecular flexibility index (Phi) is 5.38. The molecular formula is C17H26F2N4O2. The van der Waals surface area contributed by atoms with Crippen LogP contribution in [0.3, 0.4) is 0 Å². The van der Waals surface area contributed by atoms with Gasteiger partial charge in [0.25, 0.3) is 5.92 Å². The molecule has 6 nitrogen and oxygen atoms in total. The molecule has 1 aromatic rings. The van der Waals surface area contributed by atoms with Gasteiger partial charge in [0.1, 0.15) is 0 Å². The van der Waals surface area contributed by atoms with Crippen LogP contribution in [0.15, 0.2) is 12.4 Å². The van der Waals surface area contributed by atoms with Gasteiger partial charge in [-0.2, -0.15) is 5.10 Å². The van der Waals surface area contributed by atoms with E-state index in [1.54, 1.807) is 15.8 Å². The number of halogens is 2. The summed E-state index contributed by atoms with van der Waals surface area (Å²) in [6, 6.07) is -0.251. The summed E-state index contributed by atoms with van der Waals surface area (Å²) in [6.45, 7) is 6.03. The number of carbonyl (C=O) groups is 1. The topological polar surface area (TPSA) is 50.6 Å². The molecular weight excluding hydrogens is 330 g/mol. The van der Waals surface area contributed by atoms with Crippen molar-refractivity contribution in [3.8, 4) is 0 Å². The maximum Gasteiger partial charge on any atom is 0.262 e. The van der Waals surface area contributed by atoms with Crippen LogP contribution in [0.4, 0.5) is 8.78 Å². The average Bonchev–Trinajstić information content (AvgIpc) is 3.04. The molecule has 3 rings (SSSR count). The van der Waals surface area contributed by atoms with E-state index < -0.39 is 5.92 Å². The standard InChI is InChI=1S/C17H26F2N4O2/c1-3-25-11-14-6-17(18,19)12-23(14)15-9-21(10-15)16(24)4-5-22-8-13(2)7-20-22/h7-8,14-15H,3-6,9-12H2,1-2H3/t14-/m0/s1. The number of amides is 1. The van der Waals surface area contributed by atoms with Crippen LogP contribution in [0, 0.1) is 6.92 Å². The van der Waals surface area contributed by atoms with Gasteiger partial charge in [-0.1, -0.05) is 0 Å². The highest BCUT2D eigenvalue weighted by molar-refractivity contribution is 5.77. The lowest BCUT2D eigenvalue weighted by Crippen LogP contribution is -2.62. The molecule has 140 valence electrons. The van der Waals surface area contributed by atoms with Gasteiger partial charge in [-0.3, -0.25) is 14.4 Å². The van der Waals surface area contributed by atoms with Crippen LogP contribution in [0.2, 0.25) is 0 Å². The first-order chi connectivity index (χ1) is 11.9. The molecule has 0 aliphatic carbocycles. The number of aromatic nitrogens is 2. The molecule has 2 saturated heterocycles. The van der Waals surface area contributed by atoms with Crippen LogP contribution in [-0.2, 0) is 16.1 Å². The molecule has 0 radical (unpaired) electrons. The Labute approximate surface area is 146 Å². The van der Waals surface area contributed by atoms with Crippen molar-refractivity contribution in [2.24, 2.45) is 0 Å². The molecule has 0 N–H and O–H groups in total. The summed E-state index contributed by atoms with van der Waals surface area (Å²) in [5.41, 5.74) is 1.06. The predicted octanol–water partition coefficient (Wildman–Crippen LogP) is 1.54. The predicted molar refractivity (Wildman–Crippen MR) is 88.5 cm³/mol. The number of carbonyl (C=O) groups excluding carboxylic acids is 1. The first kappa shape index (κ1) is 18.3. The van der Waals surface area contributed by atoms with Gasteiger partial charge >= 0.3 is 0 Å². The quantitative estimate of drug-likeness (QED) is 0.744. The van der Waals surface area contributed by atoms with Crippen molar-refractivity contribution in [3.63, 3.8) is 0 Å². The van der Waals surface area contributed by atoms with Crippen molar-refractivity contribution in [3.05, 3.63) is 18.0 Å². The highest BCUT2D eigenvalue weighted by Gasteiger charge is 2.50.